The van der Waals surface area contributed by atoms with Crippen LogP contribution in [0.25, 0.3) is 16.5 Å². The Morgan fingerprint density at radius 3 is 2.41 bits per heavy atom. The van der Waals surface area contributed by atoms with E-state index in [0.29, 0.717) is 11.1 Å². The highest BCUT2D eigenvalue weighted by molar-refractivity contribution is 7.16. The first-order chi connectivity index (χ1) is 15.6. The standard InChI is InChI=1S/C23H19N3O5S/c1-2-30-22(28)19-17-14-32-20(24-23(29)31-13-15-9-5-3-6-10-15)18(17)21(27)26(25-19)16-11-7-4-8-12-16/h3-12,14H,2,13H2,1H3,(H,24,29). The maximum absolute atomic E-state index is 13.3. The number of nitrogens with one attached hydrogen (secondary N) is 1. The molecule has 0 saturated carbocycles. The lowest BCUT2D eigenvalue weighted by Gasteiger charge is -2.10. The van der Waals surface area contributed by atoms with Crippen LogP contribution in [-0.4, -0.2) is 28.4 Å². The number of aromatic nitrogens is 2. The van der Waals surface area contributed by atoms with E-state index in [9.17, 15) is 14.4 Å². The predicted molar refractivity (Wildman–Crippen MR) is 121 cm³/mol. The second-order valence-corrected chi connectivity index (χ2v) is 7.54. The topological polar surface area (TPSA) is 99.5 Å². The Labute approximate surface area is 187 Å². The minimum absolute atomic E-state index is 0.00717. The van der Waals surface area contributed by atoms with Crippen molar-refractivity contribution in [3.8, 4) is 5.69 Å². The first-order valence-corrected chi connectivity index (χ1v) is 10.7. The molecule has 8 nitrogen and oxygen atoms in total. The van der Waals surface area contributed by atoms with E-state index in [1.165, 1.54) is 0 Å². The van der Waals surface area contributed by atoms with Crippen LogP contribution in [0, 0.1) is 0 Å². The van der Waals surface area contributed by atoms with Gasteiger partial charge in [0.25, 0.3) is 5.56 Å². The van der Waals surface area contributed by atoms with E-state index in [2.05, 4.69) is 10.4 Å². The lowest BCUT2D eigenvalue weighted by molar-refractivity contribution is 0.0520. The van der Waals surface area contributed by atoms with Crippen LogP contribution in [0.1, 0.15) is 23.0 Å². The van der Waals surface area contributed by atoms with Crippen molar-refractivity contribution in [2.75, 3.05) is 11.9 Å². The molecule has 0 aliphatic rings. The summed E-state index contributed by atoms with van der Waals surface area (Å²) in [5, 5.41) is 9.20. The van der Waals surface area contributed by atoms with Crippen LogP contribution >= 0.6 is 11.3 Å². The van der Waals surface area contributed by atoms with Crippen LogP contribution < -0.4 is 10.9 Å². The number of para-hydroxylation sites is 1. The van der Waals surface area contributed by atoms with Gasteiger partial charge in [0.15, 0.2) is 5.69 Å². The highest BCUT2D eigenvalue weighted by Gasteiger charge is 2.23. The van der Waals surface area contributed by atoms with Crippen LogP contribution in [-0.2, 0) is 16.1 Å². The van der Waals surface area contributed by atoms with E-state index >= 15 is 0 Å². The van der Waals surface area contributed by atoms with Gasteiger partial charge in [0.05, 0.1) is 17.7 Å². The summed E-state index contributed by atoms with van der Waals surface area (Å²) < 4.78 is 11.5. The summed E-state index contributed by atoms with van der Waals surface area (Å²) >= 11 is 1.11. The number of carbonyl (C=O) groups is 2. The van der Waals surface area contributed by atoms with Crippen molar-refractivity contribution in [1.29, 1.82) is 0 Å². The van der Waals surface area contributed by atoms with Crippen molar-refractivity contribution in [3.63, 3.8) is 0 Å². The van der Waals surface area contributed by atoms with Crippen molar-refractivity contribution in [2.45, 2.75) is 13.5 Å². The number of esters is 1. The van der Waals surface area contributed by atoms with Gasteiger partial charge in [0, 0.05) is 10.8 Å². The third-order valence-corrected chi connectivity index (χ3v) is 5.45. The predicted octanol–water partition coefficient (Wildman–Crippen LogP) is 4.37. The molecule has 1 amide bonds. The van der Waals surface area contributed by atoms with Crippen LogP contribution in [0.5, 0.6) is 0 Å². The minimum Gasteiger partial charge on any atom is -0.461 e. The van der Waals surface area contributed by atoms with Gasteiger partial charge in [-0.05, 0) is 24.6 Å². The fourth-order valence-corrected chi connectivity index (χ4v) is 4.01. The molecule has 4 rings (SSSR count). The summed E-state index contributed by atoms with van der Waals surface area (Å²) in [6.07, 6.45) is -0.710. The minimum atomic E-state index is -0.710. The molecule has 32 heavy (non-hydrogen) atoms. The maximum Gasteiger partial charge on any atom is 0.412 e. The van der Waals surface area contributed by atoms with Gasteiger partial charge >= 0.3 is 12.1 Å². The number of hydrogen-bond donors (Lipinski definition) is 1. The molecule has 1 N–H and O–H groups in total. The monoisotopic (exact) mass is 449 g/mol. The number of ether oxygens (including phenoxy) is 2. The number of carbonyl (C=O) groups excluding carboxylic acids is 2. The van der Waals surface area contributed by atoms with Crippen molar-refractivity contribution < 1.29 is 19.1 Å². The van der Waals surface area contributed by atoms with Gasteiger partial charge in [-0.1, -0.05) is 48.5 Å². The molecule has 0 atom stereocenters. The number of hydrogen-bond acceptors (Lipinski definition) is 7. The maximum atomic E-state index is 13.3. The van der Waals surface area contributed by atoms with E-state index in [4.69, 9.17) is 9.47 Å². The van der Waals surface area contributed by atoms with Crippen LogP contribution in [0.4, 0.5) is 9.80 Å². The Bertz CT molecular complexity index is 1320. The number of benzene rings is 2. The largest absolute Gasteiger partial charge is 0.461 e. The SMILES string of the molecule is CCOC(=O)c1nn(-c2ccccc2)c(=O)c2c(NC(=O)OCc3ccccc3)scc12. The summed E-state index contributed by atoms with van der Waals surface area (Å²) in [6.45, 7) is 1.93. The summed E-state index contributed by atoms with van der Waals surface area (Å²) in [4.78, 5) is 38.2. The van der Waals surface area contributed by atoms with Gasteiger partial charge < -0.3 is 9.47 Å². The Morgan fingerprint density at radius 1 is 1.03 bits per heavy atom. The zero-order valence-corrected chi connectivity index (χ0v) is 17.9. The van der Waals surface area contributed by atoms with Gasteiger partial charge in [-0.15, -0.1) is 11.3 Å². The molecule has 2 heterocycles. The Kier molecular flexibility index (Phi) is 6.27. The molecule has 0 radical (unpaired) electrons. The van der Waals surface area contributed by atoms with Crippen LogP contribution in [0.2, 0.25) is 0 Å². The van der Waals surface area contributed by atoms with E-state index in [1.807, 2.05) is 30.3 Å². The number of nitrogens with zero attached hydrogens (tertiary/aromatic N) is 2. The number of rotatable bonds is 6. The van der Waals surface area contributed by atoms with Gasteiger partial charge in [-0.25, -0.2) is 9.59 Å². The normalized spacial score (nSPS) is 10.7. The van der Waals surface area contributed by atoms with Gasteiger partial charge in [-0.3, -0.25) is 10.1 Å². The summed E-state index contributed by atoms with van der Waals surface area (Å²) in [6, 6.07) is 17.9. The van der Waals surface area contributed by atoms with Crippen molar-refractivity contribution in [1.82, 2.24) is 9.78 Å². The smallest absolute Gasteiger partial charge is 0.412 e. The summed E-state index contributed by atoms with van der Waals surface area (Å²) in [7, 11) is 0. The van der Waals surface area contributed by atoms with Crippen molar-refractivity contribution in [3.05, 3.63) is 87.7 Å². The second-order valence-electron chi connectivity index (χ2n) is 6.66. The fourth-order valence-electron chi connectivity index (χ4n) is 3.09. The van der Waals surface area contributed by atoms with Crippen LogP contribution in [0.15, 0.2) is 70.8 Å². The first kappa shape index (κ1) is 21.3. The van der Waals surface area contributed by atoms with E-state index in [-0.39, 0.29) is 29.3 Å². The molecular formula is C23H19N3O5S. The molecule has 0 aliphatic heterocycles. The summed E-state index contributed by atoms with van der Waals surface area (Å²) in [5.41, 5.74) is 0.832. The molecule has 0 spiro atoms. The average molecular weight is 449 g/mol. The van der Waals surface area contributed by atoms with E-state index in [1.54, 1.807) is 42.6 Å². The Hall–Kier alpha value is -3.98. The number of anilines is 1. The summed E-state index contributed by atoms with van der Waals surface area (Å²) in [5.74, 6) is -0.654. The van der Waals surface area contributed by atoms with Crippen molar-refractivity contribution >= 4 is 39.2 Å². The second kappa shape index (κ2) is 9.44. The highest BCUT2D eigenvalue weighted by atomic mass is 32.1. The molecule has 9 heteroatoms. The Balaban J connectivity index is 1.72. The molecule has 2 aromatic heterocycles. The lowest BCUT2D eigenvalue weighted by atomic mass is 10.2. The quantitative estimate of drug-likeness (QED) is 0.439. The molecule has 0 aliphatic carbocycles. The zero-order chi connectivity index (χ0) is 22.5. The lowest BCUT2D eigenvalue weighted by Crippen LogP contribution is -2.25. The first-order valence-electron chi connectivity index (χ1n) is 9.83. The number of thiophene rings is 1. The number of amides is 1. The zero-order valence-electron chi connectivity index (χ0n) is 17.1. The third kappa shape index (κ3) is 4.37. The van der Waals surface area contributed by atoms with Gasteiger partial charge in [0.1, 0.15) is 11.6 Å². The molecular weight excluding hydrogens is 430 g/mol. The van der Waals surface area contributed by atoms with Gasteiger partial charge in [-0.2, -0.15) is 9.78 Å². The van der Waals surface area contributed by atoms with E-state index < -0.39 is 17.6 Å². The molecule has 0 unspecified atom stereocenters. The Morgan fingerprint density at radius 2 is 1.72 bits per heavy atom. The molecule has 4 aromatic rings. The molecule has 2 aromatic carbocycles. The van der Waals surface area contributed by atoms with Gasteiger partial charge in [0.2, 0.25) is 0 Å². The third-order valence-electron chi connectivity index (χ3n) is 4.55. The molecule has 0 bridgehead atoms. The number of fused-ring (bicyclic) bond motifs is 1. The highest BCUT2D eigenvalue weighted by Crippen LogP contribution is 2.30. The van der Waals surface area contributed by atoms with E-state index in [0.717, 1.165) is 21.6 Å². The molecule has 0 fully saturated rings. The average Bonchev–Trinajstić information content (AvgIpc) is 3.23. The fraction of sp³-hybridized carbons (Fsp3) is 0.130. The van der Waals surface area contributed by atoms with Crippen molar-refractivity contribution in [2.24, 2.45) is 0 Å². The molecule has 0 saturated heterocycles. The van der Waals surface area contributed by atoms with Crippen LogP contribution in [0.3, 0.4) is 0 Å². The molecule has 162 valence electrons.